The first-order valence-electron chi connectivity index (χ1n) is 7.14. The summed E-state index contributed by atoms with van der Waals surface area (Å²) in [5.74, 6) is -0.288. The van der Waals surface area contributed by atoms with E-state index in [1.807, 2.05) is 0 Å². The third-order valence-corrected chi connectivity index (χ3v) is 4.46. The van der Waals surface area contributed by atoms with Gasteiger partial charge in [-0.05, 0) is 26.7 Å². The van der Waals surface area contributed by atoms with Crippen molar-refractivity contribution in [1.82, 2.24) is 4.90 Å². The molecule has 0 aromatic rings. The van der Waals surface area contributed by atoms with Crippen LogP contribution < -0.4 is 5.73 Å². The third-order valence-electron chi connectivity index (χ3n) is 4.46. The average Bonchev–Trinajstić information content (AvgIpc) is 2.41. The number of fused-ring (bicyclic) bond motifs is 3. The van der Waals surface area contributed by atoms with Gasteiger partial charge in [0.1, 0.15) is 18.2 Å². The number of hydrogen-bond acceptors (Lipinski definition) is 6. The molecule has 6 heteroatoms. The number of nitrogens with zero attached hydrogens (tertiary/aromatic N) is 1. The van der Waals surface area contributed by atoms with Gasteiger partial charge in [0.15, 0.2) is 5.78 Å². The van der Waals surface area contributed by atoms with Crippen LogP contribution in [0.1, 0.15) is 26.7 Å². The Hall–Kier alpha value is -0.980. The van der Waals surface area contributed by atoms with Crippen molar-refractivity contribution >= 4 is 11.8 Å². The largest absolute Gasteiger partial charge is 0.462 e. The predicted octanol–water partition coefficient (Wildman–Crippen LogP) is -0.0548. The highest BCUT2D eigenvalue weighted by Gasteiger charge is 2.56. The molecule has 3 rings (SSSR count). The van der Waals surface area contributed by atoms with Gasteiger partial charge in [-0.25, -0.2) is 0 Å². The Morgan fingerprint density at radius 1 is 1.55 bits per heavy atom. The van der Waals surface area contributed by atoms with E-state index in [0.717, 1.165) is 19.4 Å². The lowest BCUT2D eigenvalue weighted by atomic mass is 9.71. The maximum Gasteiger partial charge on any atom is 0.322 e. The van der Waals surface area contributed by atoms with Crippen LogP contribution in [-0.2, 0) is 19.1 Å². The number of hydrogen-bond donors (Lipinski definition) is 1. The van der Waals surface area contributed by atoms with Crippen molar-refractivity contribution in [2.75, 3.05) is 26.9 Å². The molecule has 0 spiro atoms. The Morgan fingerprint density at radius 2 is 2.25 bits per heavy atom. The Labute approximate surface area is 119 Å². The molecule has 0 aliphatic carbocycles. The van der Waals surface area contributed by atoms with E-state index >= 15 is 0 Å². The minimum absolute atomic E-state index is 0.0287. The summed E-state index contributed by atoms with van der Waals surface area (Å²) in [4.78, 5) is 26.4. The molecule has 3 fully saturated rings. The van der Waals surface area contributed by atoms with Crippen LogP contribution in [0, 0.1) is 5.92 Å². The van der Waals surface area contributed by atoms with Crippen molar-refractivity contribution in [1.29, 1.82) is 0 Å². The van der Waals surface area contributed by atoms with Crippen LogP contribution in [0.15, 0.2) is 0 Å². The zero-order valence-electron chi connectivity index (χ0n) is 12.4. The van der Waals surface area contributed by atoms with Gasteiger partial charge >= 0.3 is 5.97 Å². The van der Waals surface area contributed by atoms with Gasteiger partial charge in [-0.2, -0.15) is 0 Å². The molecule has 114 valence electrons. The van der Waals surface area contributed by atoms with E-state index in [-0.39, 0.29) is 24.9 Å². The van der Waals surface area contributed by atoms with Gasteiger partial charge in [-0.3, -0.25) is 14.5 Å². The highest BCUT2D eigenvalue weighted by atomic mass is 16.5. The van der Waals surface area contributed by atoms with Gasteiger partial charge in [-0.1, -0.05) is 0 Å². The number of ether oxygens (including phenoxy) is 2. The number of nitrogens with two attached hydrogens (primary N) is 1. The number of ketones is 1. The van der Waals surface area contributed by atoms with Crippen molar-refractivity contribution in [2.45, 2.75) is 44.3 Å². The van der Waals surface area contributed by atoms with Gasteiger partial charge in [0.2, 0.25) is 0 Å². The predicted molar refractivity (Wildman–Crippen MR) is 73.1 cm³/mol. The van der Waals surface area contributed by atoms with E-state index in [2.05, 4.69) is 11.8 Å². The van der Waals surface area contributed by atoms with E-state index in [4.69, 9.17) is 15.2 Å². The van der Waals surface area contributed by atoms with E-state index < -0.39 is 17.6 Å². The second kappa shape index (κ2) is 5.79. The number of piperidine rings is 3. The maximum atomic E-state index is 12.7. The molecular weight excluding hydrogens is 260 g/mol. The SMILES string of the molecule is COC[C@]1(COC(=O)[C@H](C)N)C(=O)[C@H]2CCN1[C@H](C)C2. The van der Waals surface area contributed by atoms with Crippen molar-refractivity contribution in [2.24, 2.45) is 11.7 Å². The van der Waals surface area contributed by atoms with Gasteiger partial charge < -0.3 is 15.2 Å². The summed E-state index contributed by atoms with van der Waals surface area (Å²) in [6.07, 6.45) is 1.77. The molecule has 2 N–H and O–H groups in total. The minimum atomic E-state index is -0.833. The van der Waals surface area contributed by atoms with Crippen LogP contribution in [-0.4, -0.2) is 61.1 Å². The Kier molecular flexibility index (Phi) is 4.46. The molecule has 2 bridgehead atoms. The first-order chi connectivity index (χ1) is 9.42. The molecule has 5 atom stereocenters. The molecule has 3 saturated heterocycles. The summed E-state index contributed by atoms with van der Waals surface area (Å²) < 4.78 is 10.5. The van der Waals surface area contributed by atoms with Crippen molar-refractivity contribution < 1.29 is 19.1 Å². The zero-order valence-corrected chi connectivity index (χ0v) is 12.4. The van der Waals surface area contributed by atoms with Crippen LogP contribution >= 0.6 is 0 Å². The number of esters is 1. The van der Waals surface area contributed by atoms with Crippen LogP contribution in [0.25, 0.3) is 0 Å². The quantitative estimate of drug-likeness (QED) is 0.713. The molecule has 0 aromatic heterocycles. The monoisotopic (exact) mass is 284 g/mol. The Balaban J connectivity index is 2.20. The maximum absolute atomic E-state index is 12.7. The van der Waals surface area contributed by atoms with Gasteiger partial charge in [0.25, 0.3) is 0 Å². The number of Topliss-reactive ketones (excluding diaryl/α,β-unsaturated/α-hetero) is 1. The molecule has 0 saturated carbocycles. The zero-order chi connectivity index (χ0) is 14.9. The molecular formula is C14H24N2O4. The molecule has 3 aliphatic rings. The summed E-state index contributed by atoms with van der Waals surface area (Å²) in [6.45, 7) is 4.80. The summed E-state index contributed by atoms with van der Waals surface area (Å²) in [6, 6.07) is -0.381. The lowest BCUT2D eigenvalue weighted by Crippen LogP contribution is -2.71. The minimum Gasteiger partial charge on any atom is -0.462 e. The van der Waals surface area contributed by atoms with Crippen molar-refractivity contribution in [3.8, 4) is 0 Å². The summed E-state index contributed by atoms with van der Waals surface area (Å²) in [5.41, 5.74) is 4.67. The van der Waals surface area contributed by atoms with Crippen LogP contribution in [0.3, 0.4) is 0 Å². The highest BCUT2D eigenvalue weighted by Crippen LogP contribution is 2.40. The smallest absolute Gasteiger partial charge is 0.322 e. The topological polar surface area (TPSA) is 81.9 Å². The molecule has 1 unspecified atom stereocenters. The van der Waals surface area contributed by atoms with E-state index in [0.29, 0.717) is 6.04 Å². The second-order valence-electron chi connectivity index (χ2n) is 5.99. The highest BCUT2D eigenvalue weighted by molar-refractivity contribution is 5.93. The van der Waals surface area contributed by atoms with Crippen LogP contribution in [0.2, 0.25) is 0 Å². The number of carbonyl (C=O) groups is 2. The van der Waals surface area contributed by atoms with E-state index in [1.165, 1.54) is 0 Å². The van der Waals surface area contributed by atoms with E-state index in [9.17, 15) is 9.59 Å². The van der Waals surface area contributed by atoms with Gasteiger partial charge in [-0.15, -0.1) is 0 Å². The second-order valence-corrected chi connectivity index (χ2v) is 5.99. The van der Waals surface area contributed by atoms with Crippen LogP contribution in [0.5, 0.6) is 0 Å². The Bertz CT molecular complexity index is 399. The fraction of sp³-hybridized carbons (Fsp3) is 0.857. The average molecular weight is 284 g/mol. The molecule has 3 aliphatic heterocycles. The van der Waals surface area contributed by atoms with Gasteiger partial charge in [0.05, 0.1) is 6.61 Å². The lowest BCUT2D eigenvalue weighted by Gasteiger charge is -2.55. The summed E-state index contributed by atoms with van der Waals surface area (Å²) in [7, 11) is 1.57. The standard InChI is InChI=1S/C14H24N2O4/c1-9-6-11-4-5-16(9)14(7-19-3,12(11)17)8-20-13(18)10(2)15/h9-11H,4-8,15H2,1-3H3/t9-,10+,11+,14+/m1/s1. The number of carbonyl (C=O) groups excluding carboxylic acids is 2. The summed E-state index contributed by atoms with van der Waals surface area (Å²) >= 11 is 0. The molecule has 6 nitrogen and oxygen atoms in total. The first kappa shape index (κ1) is 15.4. The number of rotatable bonds is 5. The van der Waals surface area contributed by atoms with Crippen LogP contribution in [0.4, 0.5) is 0 Å². The van der Waals surface area contributed by atoms with Crippen molar-refractivity contribution in [3.63, 3.8) is 0 Å². The fourth-order valence-corrected chi connectivity index (χ4v) is 3.48. The number of methoxy groups -OCH3 is 1. The molecule has 3 heterocycles. The Morgan fingerprint density at radius 3 is 2.80 bits per heavy atom. The first-order valence-corrected chi connectivity index (χ1v) is 7.14. The molecule has 0 aromatic carbocycles. The summed E-state index contributed by atoms with van der Waals surface area (Å²) in [5, 5.41) is 0. The molecule has 0 amide bonds. The fourth-order valence-electron chi connectivity index (χ4n) is 3.48. The van der Waals surface area contributed by atoms with Crippen molar-refractivity contribution in [3.05, 3.63) is 0 Å². The third kappa shape index (κ3) is 2.47. The molecule has 20 heavy (non-hydrogen) atoms. The van der Waals surface area contributed by atoms with E-state index in [1.54, 1.807) is 14.0 Å². The molecule has 0 radical (unpaired) electrons. The normalized spacial score (nSPS) is 37.8. The van der Waals surface area contributed by atoms with Gasteiger partial charge in [0, 0.05) is 25.6 Å². The lowest BCUT2D eigenvalue weighted by molar-refractivity contribution is -0.173.